The number of carbonyl (C=O) groups is 1. The van der Waals surface area contributed by atoms with Gasteiger partial charge < -0.3 is 10.6 Å². The zero-order chi connectivity index (χ0) is 18.3. The van der Waals surface area contributed by atoms with Crippen molar-refractivity contribution in [3.63, 3.8) is 0 Å². The Morgan fingerprint density at radius 1 is 1.27 bits per heavy atom. The van der Waals surface area contributed by atoms with Crippen LogP contribution in [0.15, 0.2) is 29.2 Å². The number of thioether (sulfide) groups is 1. The van der Waals surface area contributed by atoms with Gasteiger partial charge in [0.1, 0.15) is 6.04 Å². The Kier molecular flexibility index (Phi) is 10.1. The normalized spacial score (nSPS) is 16.6. The largest absolute Gasteiger partial charge is 0.405 e. The van der Waals surface area contributed by atoms with Crippen molar-refractivity contribution >= 4 is 41.7 Å². The maximum Gasteiger partial charge on any atom is 0.405 e. The van der Waals surface area contributed by atoms with Crippen molar-refractivity contribution in [2.24, 2.45) is 0 Å². The maximum absolute atomic E-state index is 13.2. The molecule has 1 saturated heterocycles. The van der Waals surface area contributed by atoms with Crippen LogP contribution in [0.5, 0.6) is 0 Å². The second-order valence-electron chi connectivity index (χ2n) is 5.70. The molecule has 10 heteroatoms. The van der Waals surface area contributed by atoms with Crippen molar-refractivity contribution in [1.29, 1.82) is 0 Å². The standard InChI is InChI=1S/C16H21ClF3N3OS.ClH/c17-12-1-3-13(4-2-12)25-10-5-15(24)22-11-14(16(18,19)20)23-8-6-21-7-9-23;/h1-4,14,21H,5-11H2,(H,22,24);1H. The molecule has 0 bridgehead atoms. The zero-order valence-corrected chi connectivity index (χ0v) is 16.4. The summed E-state index contributed by atoms with van der Waals surface area (Å²) >= 11 is 7.26. The van der Waals surface area contributed by atoms with Crippen LogP contribution in [0.3, 0.4) is 0 Å². The van der Waals surface area contributed by atoms with E-state index in [1.807, 2.05) is 12.1 Å². The molecule has 1 aliphatic rings. The summed E-state index contributed by atoms with van der Waals surface area (Å²) in [6, 6.07) is 5.56. The Hall–Kier alpha value is -0.670. The van der Waals surface area contributed by atoms with Crippen LogP contribution in [0.2, 0.25) is 5.02 Å². The highest BCUT2D eigenvalue weighted by molar-refractivity contribution is 7.99. The van der Waals surface area contributed by atoms with E-state index in [0.717, 1.165) is 4.90 Å². The number of halogens is 5. The average Bonchev–Trinajstić information content (AvgIpc) is 2.56. The molecule has 2 rings (SSSR count). The first-order chi connectivity index (χ1) is 11.9. The molecule has 1 atom stereocenters. The average molecular weight is 432 g/mol. The van der Waals surface area contributed by atoms with Gasteiger partial charge in [0.15, 0.2) is 0 Å². The van der Waals surface area contributed by atoms with Crippen molar-refractivity contribution in [2.45, 2.75) is 23.5 Å². The SMILES string of the molecule is Cl.O=C(CCSc1ccc(Cl)cc1)NCC(N1CCNCC1)C(F)(F)F. The van der Waals surface area contributed by atoms with Gasteiger partial charge in [-0.05, 0) is 24.3 Å². The number of hydrogen-bond acceptors (Lipinski definition) is 4. The first-order valence-corrected chi connectivity index (χ1v) is 9.39. The molecule has 0 spiro atoms. The van der Waals surface area contributed by atoms with Gasteiger partial charge in [0.25, 0.3) is 0 Å². The lowest BCUT2D eigenvalue weighted by Crippen LogP contribution is -2.57. The molecule has 1 aliphatic heterocycles. The first kappa shape index (κ1) is 23.4. The van der Waals surface area contributed by atoms with Gasteiger partial charge in [-0.2, -0.15) is 13.2 Å². The molecule has 0 radical (unpaired) electrons. The summed E-state index contributed by atoms with van der Waals surface area (Å²) in [5, 5.41) is 6.08. The van der Waals surface area contributed by atoms with Crippen LogP contribution in [-0.4, -0.2) is 61.5 Å². The number of nitrogens with zero attached hydrogens (tertiary/aromatic N) is 1. The van der Waals surface area contributed by atoms with Crippen LogP contribution >= 0.6 is 35.8 Å². The molecule has 148 valence electrons. The van der Waals surface area contributed by atoms with E-state index >= 15 is 0 Å². The number of amides is 1. The number of piperazine rings is 1. The summed E-state index contributed by atoms with van der Waals surface area (Å²) in [6.45, 7) is 1.30. The monoisotopic (exact) mass is 431 g/mol. The molecule has 4 nitrogen and oxygen atoms in total. The summed E-state index contributed by atoms with van der Waals surface area (Å²) in [4.78, 5) is 14.2. The van der Waals surface area contributed by atoms with E-state index in [-0.39, 0.29) is 24.7 Å². The molecule has 26 heavy (non-hydrogen) atoms. The number of hydrogen-bond donors (Lipinski definition) is 2. The lowest BCUT2D eigenvalue weighted by Gasteiger charge is -2.35. The van der Waals surface area contributed by atoms with Gasteiger partial charge in [-0.1, -0.05) is 11.6 Å². The topological polar surface area (TPSA) is 44.4 Å². The van der Waals surface area contributed by atoms with E-state index in [2.05, 4.69) is 10.6 Å². The van der Waals surface area contributed by atoms with Crippen LogP contribution in [-0.2, 0) is 4.79 Å². The summed E-state index contributed by atoms with van der Waals surface area (Å²) in [6.07, 6.45) is -4.19. The van der Waals surface area contributed by atoms with Gasteiger partial charge in [-0.25, -0.2) is 0 Å². The first-order valence-electron chi connectivity index (χ1n) is 8.03. The summed E-state index contributed by atoms with van der Waals surface area (Å²) in [5.41, 5.74) is 0. The van der Waals surface area contributed by atoms with Gasteiger partial charge in [-0.3, -0.25) is 9.69 Å². The van der Waals surface area contributed by atoms with Crippen molar-refractivity contribution in [1.82, 2.24) is 15.5 Å². The fourth-order valence-corrected chi connectivity index (χ4v) is 3.51. The van der Waals surface area contributed by atoms with E-state index in [1.165, 1.54) is 16.7 Å². The maximum atomic E-state index is 13.2. The Labute approximate surface area is 166 Å². The Bertz CT molecular complexity index is 555. The third-order valence-corrected chi connectivity index (χ3v) is 5.14. The lowest BCUT2D eigenvalue weighted by molar-refractivity contribution is -0.184. The van der Waals surface area contributed by atoms with E-state index < -0.39 is 18.8 Å². The molecular weight excluding hydrogens is 410 g/mol. The fourth-order valence-electron chi connectivity index (χ4n) is 2.54. The van der Waals surface area contributed by atoms with Gasteiger partial charge in [-0.15, -0.1) is 24.2 Å². The highest BCUT2D eigenvalue weighted by Gasteiger charge is 2.43. The third kappa shape index (κ3) is 7.92. The van der Waals surface area contributed by atoms with E-state index in [1.54, 1.807) is 12.1 Å². The Morgan fingerprint density at radius 3 is 2.46 bits per heavy atom. The molecule has 1 fully saturated rings. The van der Waals surface area contributed by atoms with Crippen LogP contribution < -0.4 is 10.6 Å². The number of benzene rings is 1. The molecule has 0 saturated carbocycles. The van der Waals surface area contributed by atoms with Crippen molar-refractivity contribution in [2.75, 3.05) is 38.5 Å². The van der Waals surface area contributed by atoms with Gasteiger partial charge in [0.2, 0.25) is 5.91 Å². The molecule has 1 aromatic rings. The van der Waals surface area contributed by atoms with Crippen LogP contribution in [0.4, 0.5) is 13.2 Å². The molecule has 1 aromatic carbocycles. The van der Waals surface area contributed by atoms with Crippen molar-refractivity contribution in [3.05, 3.63) is 29.3 Å². The van der Waals surface area contributed by atoms with Crippen LogP contribution in [0, 0.1) is 0 Å². The second kappa shape index (κ2) is 11.2. The van der Waals surface area contributed by atoms with Gasteiger partial charge in [0.05, 0.1) is 0 Å². The Morgan fingerprint density at radius 2 is 1.88 bits per heavy atom. The number of alkyl halides is 3. The molecular formula is C16H22Cl2F3N3OS. The molecule has 1 heterocycles. The highest BCUT2D eigenvalue weighted by Crippen LogP contribution is 2.25. The van der Waals surface area contributed by atoms with Gasteiger partial charge >= 0.3 is 6.18 Å². The van der Waals surface area contributed by atoms with E-state index in [0.29, 0.717) is 37.0 Å². The minimum atomic E-state index is -4.36. The zero-order valence-electron chi connectivity index (χ0n) is 14.0. The molecule has 2 N–H and O–H groups in total. The minimum absolute atomic E-state index is 0. The van der Waals surface area contributed by atoms with Crippen LogP contribution in [0.25, 0.3) is 0 Å². The predicted molar refractivity (Wildman–Crippen MR) is 101 cm³/mol. The smallest absolute Gasteiger partial charge is 0.354 e. The fraction of sp³-hybridized carbons (Fsp3) is 0.562. The lowest BCUT2D eigenvalue weighted by atomic mass is 10.2. The van der Waals surface area contributed by atoms with Gasteiger partial charge in [0, 0.05) is 54.8 Å². The molecule has 0 aliphatic carbocycles. The predicted octanol–water partition coefficient (Wildman–Crippen LogP) is 3.20. The minimum Gasteiger partial charge on any atom is -0.354 e. The summed E-state index contributed by atoms with van der Waals surface area (Å²) < 4.78 is 39.7. The quantitative estimate of drug-likeness (QED) is 0.650. The van der Waals surface area contributed by atoms with Crippen LogP contribution in [0.1, 0.15) is 6.42 Å². The molecule has 1 unspecified atom stereocenters. The summed E-state index contributed by atoms with van der Waals surface area (Å²) in [5.74, 6) is 0.128. The van der Waals surface area contributed by atoms with Crippen molar-refractivity contribution in [3.8, 4) is 0 Å². The Balaban J connectivity index is 0.00000338. The number of rotatable bonds is 7. The van der Waals surface area contributed by atoms with E-state index in [4.69, 9.17) is 11.6 Å². The van der Waals surface area contributed by atoms with E-state index in [9.17, 15) is 18.0 Å². The highest BCUT2D eigenvalue weighted by atomic mass is 35.5. The van der Waals surface area contributed by atoms with Crippen molar-refractivity contribution < 1.29 is 18.0 Å². The second-order valence-corrected chi connectivity index (χ2v) is 7.30. The molecule has 1 amide bonds. The molecule has 0 aromatic heterocycles. The number of carbonyl (C=O) groups excluding carboxylic acids is 1. The summed E-state index contributed by atoms with van der Waals surface area (Å²) in [7, 11) is 0. The third-order valence-electron chi connectivity index (χ3n) is 3.87. The number of nitrogens with one attached hydrogen (secondary N) is 2.